The first-order valence-corrected chi connectivity index (χ1v) is 34.1. The van der Waals surface area contributed by atoms with E-state index >= 15 is 0 Å². The topological polar surface area (TPSA) is 255 Å². The summed E-state index contributed by atoms with van der Waals surface area (Å²) in [6.07, 6.45) is 56.3. The van der Waals surface area contributed by atoms with Crippen molar-refractivity contribution in [2.24, 2.45) is 16.2 Å². The van der Waals surface area contributed by atoms with Crippen LogP contribution in [-0.2, 0) is 43.2 Å². The van der Waals surface area contributed by atoms with Crippen molar-refractivity contribution in [3.05, 3.63) is 0 Å². The van der Waals surface area contributed by atoms with Gasteiger partial charge in [0.15, 0.2) is 5.41 Å². The van der Waals surface area contributed by atoms with Crippen LogP contribution in [0.5, 0.6) is 0 Å². The molecule has 0 aromatic carbocycles. The lowest BCUT2D eigenvalue weighted by molar-refractivity contribution is -0.192. The van der Waals surface area contributed by atoms with Gasteiger partial charge in [-0.05, 0) is 72.6 Å². The number of aliphatic carboxylic acids is 5. The molecular weight excluding hydrogens is 1060 g/mol. The minimum absolute atomic E-state index is 0.156. The Hall–Kier alpha value is -3.93. The zero-order valence-corrected chi connectivity index (χ0v) is 55.2. The second-order valence-electron chi connectivity index (χ2n) is 25.7. The van der Waals surface area contributed by atoms with Gasteiger partial charge in [-0.1, -0.05) is 290 Å². The number of carbonyl (C=O) groups excluding carboxylic acids is 4. The summed E-state index contributed by atoms with van der Waals surface area (Å²) in [4.78, 5) is 94.0. The van der Waals surface area contributed by atoms with Crippen LogP contribution < -0.4 is 0 Å². The molecular formula is C70H130O14. The predicted octanol–water partition coefficient (Wildman–Crippen LogP) is 20.3. The van der Waals surface area contributed by atoms with Crippen molar-refractivity contribution in [1.82, 2.24) is 0 Å². The number of unbranched alkanes of at least 4 members (excludes halogenated alkanes) is 41. The average molecular weight is 1200 g/mol. The molecule has 14 heteroatoms. The van der Waals surface area contributed by atoms with Gasteiger partial charge in [0, 0.05) is 24.7 Å². The van der Waals surface area contributed by atoms with E-state index in [4.69, 9.17) is 24.9 Å². The van der Waals surface area contributed by atoms with Crippen LogP contribution in [0.2, 0.25) is 0 Å². The molecule has 0 heterocycles. The van der Waals surface area contributed by atoms with Crippen molar-refractivity contribution in [2.45, 2.75) is 382 Å². The number of carboxylic acids is 5. The molecule has 0 amide bonds. The molecule has 0 saturated heterocycles. The van der Waals surface area contributed by atoms with Crippen molar-refractivity contribution >= 4 is 47.6 Å². The van der Waals surface area contributed by atoms with Crippen LogP contribution in [0.25, 0.3) is 0 Å². The summed E-state index contributed by atoms with van der Waals surface area (Å²) in [5.74, 6) is -3.87. The molecule has 0 aromatic heterocycles. The van der Waals surface area contributed by atoms with E-state index < -0.39 is 40.7 Å². The molecule has 0 unspecified atom stereocenters. The molecule has 0 rings (SSSR count). The third kappa shape index (κ3) is 62.6. The maximum absolute atomic E-state index is 11.8. The molecule has 494 valence electrons. The van der Waals surface area contributed by atoms with Crippen molar-refractivity contribution in [3.63, 3.8) is 0 Å². The Bertz CT molecular complexity index is 1550. The second kappa shape index (κ2) is 62.1. The number of carbonyl (C=O) groups is 7. The highest BCUT2D eigenvalue weighted by Gasteiger charge is 2.45. The molecule has 0 fully saturated rings. The van der Waals surface area contributed by atoms with Crippen molar-refractivity contribution in [1.29, 1.82) is 0 Å². The Labute approximate surface area is 512 Å². The minimum atomic E-state index is -1.64. The van der Waals surface area contributed by atoms with Crippen LogP contribution >= 0.6 is 0 Å². The maximum atomic E-state index is 11.8. The van der Waals surface area contributed by atoms with Gasteiger partial charge >= 0.3 is 36.0 Å². The fourth-order valence-corrected chi connectivity index (χ4v) is 10.5. The van der Waals surface area contributed by atoms with Crippen LogP contribution in [-0.4, -0.2) is 73.1 Å². The number of hydrogen-bond donors (Lipinski definition) is 5. The third-order valence-corrected chi connectivity index (χ3v) is 16.8. The lowest BCUT2D eigenvalue weighted by atomic mass is 9.78. The summed E-state index contributed by atoms with van der Waals surface area (Å²) < 4.78 is 0. The van der Waals surface area contributed by atoms with Gasteiger partial charge in [-0.25, -0.2) is 0 Å². The first kappa shape index (κ1) is 86.5. The van der Waals surface area contributed by atoms with Crippen LogP contribution in [0.3, 0.4) is 0 Å². The number of carboxylic acid groups (broad SMARTS) is 5. The molecule has 5 N–H and O–H groups in total. The number of ketones is 2. The molecule has 14 nitrogen and oxygen atoms in total. The van der Waals surface area contributed by atoms with Gasteiger partial charge in [-0.2, -0.15) is 9.59 Å². The molecule has 0 aliphatic rings. The van der Waals surface area contributed by atoms with E-state index in [-0.39, 0.29) is 36.6 Å². The highest BCUT2D eigenvalue weighted by atomic mass is 16.4. The first-order valence-electron chi connectivity index (χ1n) is 34.1. The SMILES string of the molecule is CC(=O)C(C)(C)CCCCCCCCCCC(C)(C)C(=O)O.CC(=O)CCCCCCCCCCCCCCCCCCCCCC(=O)O.CCCCCCCCCCCCC(CCCCCCCCCCC(=O)O)(C(=O)O)C(=O)O.O=C=O. The molecule has 0 atom stereocenters. The van der Waals surface area contributed by atoms with Gasteiger partial charge in [0.1, 0.15) is 11.6 Å². The Morgan fingerprint density at radius 1 is 0.286 bits per heavy atom. The van der Waals surface area contributed by atoms with E-state index in [0.29, 0.717) is 31.5 Å². The Kier molecular flexibility index (Phi) is 64.0. The predicted molar refractivity (Wildman–Crippen MR) is 340 cm³/mol. The van der Waals surface area contributed by atoms with Crippen molar-refractivity contribution in [2.75, 3.05) is 0 Å². The van der Waals surface area contributed by atoms with Crippen LogP contribution in [0.1, 0.15) is 382 Å². The Balaban J connectivity index is -0.000000566. The third-order valence-electron chi connectivity index (χ3n) is 16.8. The van der Waals surface area contributed by atoms with E-state index in [1.54, 1.807) is 27.7 Å². The monoisotopic (exact) mass is 1190 g/mol. The largest absolute Gasteiger partial charge is 0.481 e. The molecule has 0 aliphatic carbocycles. The van der Waals surface area contributed by atoms with E-state index in [9.17, 15) is 43.8 Å². The van der Waals surface area contributed by atoms with E-state index in [2.05, 4.69) is 6.92 Å². The standard InChI is InChI=1S/C26H48O6.C24H46O3.C19H36O3.CO2/c1-2-3-4-5-6-7-9-12-15-18-21-26(24(29)30,25(31)32)22-19-16-13-10-8-11-14-17-20-23(27)28;1-23(25)21-19-17-15-13-11-9-7-5-3-2-4-6-8-10-12-14-16-18-20-22-24(26)27;1-16(20)18(2,3)14-12-10-8-6-7-9-11-13-15-19(4,5)17(21)22;2-1-3/h2-22H2,1H3,(H,27,28)(H,29,30)(H,31,32);2-22H2,1H3,(H,26,27);6-15H2,1-5H3,(H,21,22);. The molecule has 0 saturated carbocycles. The maximum Gasteiger partial charge on any atom is 0.373 e. The van der Waals surface area contributed by atoms with Crippen molar-refractivity contribution < 1.29 is 68.7 Å². The second-order valence-corrected chi connectivity index (χ2v) is 25.7. The highest BCUT2D eigenvalue weighted by molar-refractivity contribution is 5.98. The number of rotatable bonds is 59. The lowest BCUT2D eigenvalue weighted by Gasteiger charge is -2.25. The highest BCUT2D eigenvalue weighted by Crippen LogP contribution is 2.34. The Morgan fingerprint density at radius 3 is 0.690 bits per heavy atom. The van der Waals surface area contributed by atoms with E-state index in [1.165, 1.54) is 173 Å². The number of Topliss-reactive ketones (excluding diaryl/α,β-unsaturated/α-hetero) is 2. The van der Waals surface area contributed by atoms with Gasteiger partial charge in [0.05, 0.1) is 5.41 Å². The fourth-order valence-electron chi connectivity index (χ4n) is 10.5. The van der Waals surface area contributed by atoms with Gasteiger partial charge < -0.3 is 30.3 Å². The van der Waals surface area contributed by atoms with E-state index in [1.807, 2.05) is 13.8 Å². The Morgan fingerprint density at radius 2 is 0.488 bits per heavy atom. The summed E-state index contributed by atoms with van der Waals surface area (Å²) in [6.45, 7) is 13.3. The van der Waals surface area contributed by atoms with E-state index in [0.717, 1.165) is 116 Å². The smallest absolute Gasteiger partial charge is 0.373 e. The number of hydrogen-bond acceptors (Lipinski definition) is 9. The van der Waals surface area contributed by atoms with Gasteiger partial charge in [-0.3, -0.25) is 28.8 Å². The van der Waals surface area contributed by atoms with Gasteiger partial charge in [0.25, 0.3) is 0 Å². The molecule has 0 bridgehead atoms. The molecule has 0 aliphatic heterocycles. The van der Waals surface area contributed by atoms with Crippen LogP contribution in [0, 0.1) is 16.2 Å². The summed E-state index contributed by atoms with van der Waals surface area (Å²) in [5.41, 5.74) is -2.38. The summed E-state index contributed by atoms with van der Waals surface area (Å²) >= 11 is 0. The summed E-state index contributed by atoms with van der Waals surface area (Å²) in [6, 6.07) is 0. The molecule has 84 heavy (non-hydrogen) atoms. The van der Waals surface area contributed by atoms with Crippen LogP contribution in [0.4, 0.5) is 0 Å². The molecule has 0 radical (unpaired) electrons. The first-order chi connectivity index (χ1) is 40.0. The molecule has 0 spiro atoms. The minimum Gasteiger partial charge on any atom is -0.481 e. The fraction of sp³-hybridized carbons (Fsp3) is 0.886. The summed E-state index contributed by atoms with van der Waals surface area (Å²) in [5, 5.41) is 45.6. The molecule has 0 aromatic rings. The van der Waals surface area contributed by atoms with Gasteiger partial charge in [-0.15, -0.1) is 0 Å². The summed E-state index contributed by atoms with van der Waals surface area (Å²) in [7, 11) is 0. The lowest BCUT2D eigenvalue weighted by Crippen LogP contribution is -2.39. The average Bonchev–Trinajstić information content (AvgIpc) is 3.60. The normalized spacial score (nSPS) is 11.3. The van der Waals surface area contributed by atoms with Crippen LogP contribution in [0.15, 0.2) is 0 Å². The quantitative estimate of drug-likeness (QED) is 0.0280. The zero-order valence-electron chi connectivity index (χ0n) is 55.2. The zero-order chi connectivity index (χ0) is 64.0. The van der Waals surface area contributed by atoms with Gasteiger partial charge in [0.2, 0.25) is 0 Å². The van der Waals surface area contributed by atoms with Crippen molar-refractivity contribution in [3.8, 4) is 0 Å².